The zero-order valence-corrected chi connectivity index (χ0v) is 16.3. The number of rotatable bonds is 5. The van der Waals surface area contributed by atoms with Crippen LogP contribution in [0.3, 0.4) is 0 Å². The number of hydrogen-bond donors (Lipinski definition) is 0. The second kappa shape index (κ2) is 8.53. The van der Waals surface area contributed by atoms with Crippen LogP contribution in [0.4, 0.5) is 0 Å². The van der Waals surface area contributed by atoms with Gasteiger partial charge in [0.2, 0.25) is 5.91 Å². The topological polar surface area (TPSA) is 33.2 Å². The lowest BCUT2D eigenvalue weighted by Crippen LogP contribution is -2.31. The molecule has 1 aromatic heterocycles. The Hall–Kier alpha value is -3.72. The molecular formula is C26H22N2O. The van der Waals surface area contributed by atoms with E-state index in [4.69, 9.17) is 0 Å². The lowest BCUT2D eigenvalue weighted by atomic mass is 10.0. The molecule has 0 fully saturated rings. The number of nitrogens with zero attached hydrogens (tertiary/aromatic N) is 2. The maximum Gasteiger partial charge on any atom is 0.247 e. The summed E-state index contributed by atoms with van der Waals surface area (Å²) in [7, 11) is 1.82. The SMILES string of the molecule is CN(C(=O)/C=C/c1cccc2ccccc12)[C@H](c1ccccc1)c1ccccn1. The van der Waals surface area contributed by atoms with Crippen LogP contribution in [0.15, 0.2) is 103 Å². The molecule has 0 aliphatic rings. The maximum atomic E-state index is 13.1. The number of hydrogen-bond acceptors (Lipinski definition) is 2. The molecule has 3 heteroatoms. The summed E-state index contributed by atoms with van der Waals surface area (Å²) in [5.41, 5.74) is 2.90. The van der Waals surface area contributed by atoms with Gasteiger partial charge in [-0.15, -0.1) is 0 Å². The van der Waals surface area contributed by atoms with Gasteiger partial charge in [-0.05, 0) is 40.1 Å². The molecular weight excluding hydrogens is 356 g/mol. The Bertz CT molecular complexity index is 1090. The standard InChI is InChI=1S/C26H22N2O/c1-28(26(22-11-3-2-4-12-22)24-16-7-8-19-27-24)25(29)18-17-21-14-9-13-20-10-5-6-15-23(20)21/h2-19,26H,1H3/b18-17+/t26-/m1/s1. The smallest absolute Gasteiger partial charge is 0.247 e. The fraction of sp³-hybridized carbons (Fsp3) is 0.0769. The third kappa shape index (κ3) is 4.09. The van der Waals surface area contributed by atoms with Gasteiger partial charge in [0.25, 0.3) is 0 Å². The van der Waals surface area contributed by atoms with E-state index in [9.17, 15) is 4.79 Å². The minimum absolute atomic E-state index is 0.0718. The molecule has 4 rings (SSSR count). The van der Waals surface area contributed by atoms with Crippen LogP contribution in [-0.2, 0) is 4.79 Å². The lowest BCUT2D eigenvalue weighted by Gasteiger charge is -2.27. The highest BCUT2D eigenvalue weighted by atomic mass is 16.2. The van der Waals surface area contributed by atoms with Crippen LogP contribution in [0.1, 0.15) is 22.9 Å². The van der Waals surface area contributed by atoms with Gasteiger partial charge in [0.1, 0.15) is 0 Å². The third-order valence-electron chi connectivity index (χ3n) is 5.05. The van der Waals surface area contributed by atoms with E-state index in [0.717, 1.165) is 27.6 Å². The fourth-order valence-corrected chi connectivity index (χ4v) is 3.57. The first-order chi connectivity index (χ1) is 14.2. The van der Waals surface area contributed by atoms with Crippen molar-refractivity contribution >= 4 is 22.8 Å². The Morgan fingerprint density at radius 2 is 1.59 bits per heavy atom. The molecule has 3 nitrogen and oxygen atoms in total. The normalized spacial score (nSPS) is 12.2. The van der Waals surface area contributed by atoms with Gasteiger partial charge in [-0.1, -0.05) is 78.9 Å². The molecule has 142 valence electrons. The fourth-order valence-electron chi connectivity index (χ4n) is 3.57. The molecule has 1 heterocycles. The molecule has 29 heavy (non-hydrogen) atoms. The van der Waals surface area contributed by atoms with Crippen molar-refractivity contribution in [1.82, 2.24) is 9.88 Å². The zero-order chi connectivity index (χ0) is 20.1. The molecule has 0 bridgehead atoms. The molecule has 0 saturated heterocycles. The van der Waals surface area contributed by atoms with Crippen LogP contribution >= 0.6 is 0 Å². The van der Waals surface area contributed by atoms with E-state index in [1.165, 1.54) is 0 Å². The third-order valence-corrected chi connectivity index (χ3v) is 5.05. The molecule has 1 atom stereocenters. The second-order valence-corrected chi connectivity index (χ2v) is 6.92. The predicted molar refractivity (Wildman–Crippen MR) is 118 cm³/mol. The van der Waals surface area contributed by atoms with Crippen molar-refractivity contribution in [2.24, 2.45) is 0 Å². The summed E-state index contributed by atoms with van der Waals surface area (Å²) in [5.74, 6) is -0.0718. The van der Waals surface area contributed by atoms with Crippen molar-refractivity contribution < 1.29 is 4.79 Å². The molecule has 0 aliphatic heterocycles. The van der Waals surface area contributed by atoms with Crippen LogP contribution in [-0.4, -0.2) is 22.8 Å². The molecule has 4 aromatic rings. The number of benzene rings is 3. The van der Waals surface area contributed by atoms with E-state index >= 15 is 0 Å². The first-order valence-electron chi connectivity index (χ1n) is 9.62. The quantitative estimate of drug-likeness (QED) is 0.430. The summed E-state index contributed by atoms with van der Waals surface area (Å²) in [6.07, 6.45) is 5.29. The van der Waals surface area contributed by atoms with E-state index in [1.807, 2.05) is 85.9 Å². The lowest BCUT2D eigenvalue weighted by molar-refractivity contribution is -0.126. The zero-order valence-electron chi connectivity index (χ0n) is 16.3. The number of carbonyl (C=O) groups excluding carboxylic acids is 1. The Morgan fingerprint density at radius 3 is 2.38 bits per heavy atom. The van der Waals surface area contributed by atoms with Crippen molar-refractivity contribution in [1.29, 1.82) is 0 Å². The molecule has 1 amide bonds. The van der Waals surface area contributed by atoms with Gasteiger partial charge in [-0.25, -0.2) is 0 Å². The van der Waals surface area contributed by atoms with Crippen LogP contribution in [0.2, 0.25) is 0 Å². The van der Waals surface area contributed by atoms with Gasteiger partial charge >= 0.3 is 0 Å². The van der Waals surface area contributed by atoms with Crippen molar-refractivity contribution in [3.63, 3.8) is 0 Å². The number of aromatic nitrogens is 1. The van der Waals surface area contributed by atoms with Gasteiger partial charge in [-0.3, -0.25) is 9.78 Å². The van der Waals surface area contributed by atoms with Crippen molar-refractivity contribution in [2.75, 3.05) is 7.05 Å². The number of amides is 1. The summed E-state index contributed by atoms with van der Waals surface area (Å²) in [6, 6.07) is 29.8. The highest BCUT2D eigenvalue weighted by Crippen LogP contribution is 2.26. The van der Waals surface area contributed by atoms with E-state index < -0.39 is 0 Å². The van der Waals surface area contributed by atoms with Crippen molar-refractivity contribution in [3.05, 3.63) is 120 Å². The number of pyridine rings is 1. The minimum atomic E-state index is -0.248. The maximum absolute atomic E-state index is 13.1. The summed E-state index contributed by atoms with van der Waals surface area (Å²) < 4.78 is 0. The largest absolute Gasteiger partial charge is 0.329 e. The molecule has 0 spiro atoms. The van der Waals surface area contributed by atoms with Gasteiger partial charge in [0, 0.05) is 19.3 Å². The van der Waals surface area contributed by atoms with Crippen LogP contribution in [0.25, 0.3) is 16.8 Å². The second-order valence-electron chi connectivity index (χ2n) is 6.92. The van der Waals surface area contributed by atoms with Crippen molar-refractivity contribution in [3.8, 4) is 0 Å². The Balaban J connectivity index is 1.65. The highest BCUT2D eigenvalue weighted by Gasteiger charge is 2.23. The predicted octanol–water partition coefficient (Wildman–Crippen LogP) is 5.50. The van der Waals surface area contributed by atoms with Crippen LogP contribution < -0.4 is 0 Å². The Kier molecular flexibility index (Phi) is 5.48. The van der Waals surface area contributed by atoms with E-state index in [-0.39, 0.29) is 11.9 Å². The van der Waals surface area contributed by atoms with E-state index in [2.05, 4.69) is 23.2 Å². The molecule has 0 saturated carbocycles. The van der Waals surface area contributed by atoms with E-state index in [0.29, 0.717) is 0 Å². The van der Waals surface area contributed by atoms with E-state index in [1.54, 1.807) is 17.2 Å². The highest BCUT2D eigenvalue weighted by molar-refractivity contribution is 5.96. The summed E-state index contributed by atoms with van der Waals surface area (Å²) >= 11 is 0. The number of fused-ring (bicyclic) bond motifs is 1. The summed E-state index contributed by atoms with van der Waals surface area (Å²) in [6.45, 7) is 0. The van der Waals surface area contributed by atoms with Crippen molar-refractivity contribution in [2.45, 2.75) is 6.04 Å². The molecule has 0 N–H and O–H groups in total. The average molecular weight is 378 g/mol. The Morgan fingerprint density at radius 1 is 0.862 bits per heavy atom. The monoisotopic (exact) mass is 378 g/mol. The Labute approximate surface area is 171 Å². The molecule has 0 unspecified atom stereocenters. The summed E-state index contributed by atoms with van der Waals surface area (Å²) in [5, 5.41) is 2.29. The molecule has 3 aromatic carbocycles. The molecule has 0 aliphatic carbocycles. The van der Waals surface area contributed by atoms with Gasteiger partial charge < -0.3 is 4.90 Å². The first-order valence-corrected chi connectivity index (χ1v) is 9.62. The minimum Gasteiger partial charge on any atom is -0.329 e. The van der Waals surface area contributed by atoms with Gasteiger partial charge in [0.15, 0.2) is 0 Å². The van der Waals surface area contributed by atoms with Crippen LogP contribution in [0, 0.1) is 0 Å². The number of carbonyl (C=O) groups is 1. The summed E-state index contributed by atoms with van der Waals surface area (Å²) in [4.78, 5) is 19.3. The van der Waals surface area contributed by atoms with Gasteiger partial charge in [-0.2, -0.15) is 0 Å². The number of likely N-dealkylation sites (N-methyl/N-ethyl adjacent to an activating group) is 1. The molecule has 0 radical (unpaired) electrons. The van der Waals surface area contributed by atoms with Crippen LogP contribution in [0.5, 0.6) is 0 Å². The first kappa shape index (κ1) is 18.6. The average Bonchev–Trinajstić information content (AvgIpc) is 2.79. The van der Waals surface area contributed by atoms with Gasteiger partial charge in [0.05, 0.1) is 11.7 Å².